The average molecular weight is 346 g/mol. The van der Waals surface area contributed by atoms with Crippen molar-refractivity contribution in [3.8, 4) is 0 Å². The predicted molar refractivity (Wildman–Crippen MR) is 86.0 cm³/mol. The smallest absolute Gasteiger partial charge is 0.235 e. The number of rotatable bonds is 11. The van der Waals surface area contributed by atoms with Gasteiger partial charge in [-0.15, -0.1) is 12.4 Å². The molecule has 0 aromatic carbocycles. The highest BCUT2D eigenvalue weighted by molar-refractivity contribution is 7.89. The summed E-state index contributed by atoms with van der Waals surface area (Å²) in [5, 5.41) is 2.64. The van der Waals surface area contributed by atoms with Crippen LogP contribution in [-0.2, 0) is 19.6 Å². The highest BCUT2D eigenvalue weighted by Gasteiger charge is 2.21. The summed E-state index contributed by atoms with van der Waals surface area (Å²) < 4.78 is 30.2. The van der Waals surface area contributed by atoms with Crippen LogP contribution in [0, 0.1) is 0 Å². The lowest BCUT2D eigenvalue weighted by molar-refractivity contribution is -0.120. The van der Waals surface area contributed by atoms with Gasteiger partial charge in [0.2, 0.25) is 15.9 Å². The molecule has 0 bridgehead atoms. The van der Waals surface area contributed by atoms with Crippen molar-refractivity contribution in [1.82, 2.24) is 10.0 Å². The number of carbonyl (C=O) groups is 1. The number of amides is 1. The van der Waals surface area contributed by atoms with Gasteiger partial charge in [-0.3, -0.25) is 4.79 Å². The second-order valence-corrected chi connectivity index (χ2v) is 6.61. The van der Waals surface area contributed by atoms with Crippen LogP contribution >= 0.6 is 12.4 Å². The monoisotopic (exact) mass is 345 g/mol. The Balaban J connectivity index is 0. The Morgan fingerprint density at radius 2 is 1.81 bits per heavy atom. The summed E-state index contributed by atoms with van der Waals surface area (Å²) in [7, 11) is -3.48. The SMILES string of the molecule is CCOCCS(=O)(=O)NCC(=O)NCC(N)(CC)CC.Cl. The lowest BCUT2D eigenvalue weighted by Gasteiger charge is -2.26. The van der Waals surface area contributed by atoms with Gasteiger partial charge in [0.1, 0.15) is 0 Å². The summed E-state index contributed by atoms with van der Waals surface area (Å²) in [5.41, 5.74) is 5.60. The van der Waals surface area contributed by atoms with Gasteiger partial charge in [-0.2, -0.15) is 0 Å². The molecule has 1 amide bonds. The van der Waals surface area contributed by atoms with Crippen LogP contribution in [0.15, 0.2) is 0 Å². The molecule has 0 atom stereocenters. The summed E-state index contributed by atoms with van der Waals surface area (Å²) in [4.78, 5) is 11.6. The molecule has 0 heterocycles. The van der Waals surface area contributed by atoms with Crippen molar-refractivity contribution in [3.63, 3.8) is 0 Å². The zero-order chi connectivity index (χ0) is 15.6. The standard InChI is InChI=1S/C12H27N3O4S.ClH/c1-4-12(13,5-2)10-14-11(16)9-15-20(17,18)8-7-19-6-3;/h15H,4-10,13H2,1-3H3,(H,14,16);1H. The molecule has 0 rings (SSSR count). The van der Waals surface area contributed by atoms with Crippen LogP contribution in [0.5, 0.6) is 0 Å². The third kappa shape index (κ3) is 10.9. The molecule has 7 nitrogen and oxygen atoms in total. The summed E-state index contributed by atoms with van der Waals surface area (Å²) in [6.07, 6.45) is 1.48. The molecule has 0 unspecified atom stereocenters. The minimum atomic E-state index is -3.48. The lowest BCUT2D eigenvalue weighted by Crippen LogP contribution is -2.51. The summed E-state index contributed by atoms with van der Waals surface area (Å²) in [5.74, 6) is -0.541. The summed E-state index contributed by atoms with van der Waals surface area (Å²) in [6, 6.07) is 0. The number of hydrogen-bond donors (Lipinski definition) is 3. The summed E-state index contributed by atoms with van der Waals surface area (Å²) >= 11 is 0. The van der Waals surface area contributed by atoms with Crippen LogP contribution in [0.25, 0.3) is 0 Å². The molecule has 0 aromatic heterocycles. The van der Waals surface area contributed by atoms with Gasteiger partial charge in [-0.25, -0.2) is 13.1 Å². The Morgan fingerprint density at radius 1 is 1.24 bits per heavy atom. The lowest BCUT2D eigenvalue weighted by atomic mass is 9.94. The zero-order valence-electron chi connectivity index (χ0n) is 13.0. The first-order valence-electron chi connectivity index (χ1n) is 6.89. The first-order valence-corrected chi connectivity index (χ1v) is 8.54. The van der Waals surface area contributed by atoms with E-state index >= 15 is 0 Å². The topological polar surface area (TPSA) is 111 Å². The minimum Gasteiger partial charge on any atom is -0.381 e. The second-order valence-electron chi connectivity index (χ2n) is 4.68. The molecule has 0 aromatic rings. The van der Waals surface area contributed by atoms with Crippen molar-refractivity contribution >= 4 is 28.3 Å². The predicted octanol–water partition coefficient (Wildman–Crippen LogP) is -0.00220. The van der Waals surface area contributed by atoms with Crippen molar-refractivity contribution in [2.45, 2.75) is 39.2 Å². The molecule has 0 spiro atoms. The van der Waals surface area contributed by atoms with Gasteiger partial charge in [0.25, 0.3) is 0 Å². The van der Waals surface area contributed by atoms with E-state index in [1.54, 1.807) is 6.92 Å². The maximum absolute atomic E-state index is 11.6. The molecular formula is C12H28ClN3O4S. The molecule has 0 saturated carbocycles. The van der Waals surface area contributed by atoms with Crippen molar-refractivity contribution in [2.24, 2.45) is 5.73 Å². The maximum atomic E-state index is 11.6. The van der Waals surface area contributed by atoms with E-state index < -0.39 is 15.6 Å². The van der Waals surface area contributed by atoms with Gasteiger partial charge in [-0.05, 0) is 19.8 Å². The van der Waals surface area contributed by atoms with Crippen molar-refractivity contribution in [2.75, 3.05) is 32.1 Å². The number of ether oxygens (including phenoxy) is 1. The molecule has 4 N–H and O–H groups in total. The molecule has 0 saturated heterocycles. The number of nitrogens with one attached hydrogen (secondary N) is 2. The van der Waals surface area contributed by atoms with Crippen LogP contribution in [0.3, 0.4) is 0 Å². The van der Waals surface area contributed by atoms with Crippen LogP contribution in [0.2, 0.25) is 0 Å². The molecule has 21 heavy (non-hydrogen) atoms. The molecular weight excluding hydrogens is 318 g/mol. The number of carbonyl (C=O) groups excluding carboxylic acids is 1. The maximum Gasteiger partial charge on any atom is 0.235 e. The van der Waals surface area contributed by atoms with Gasteiger partial charge in [0.05, 0.1) is 18.9 Å². The van der Waals surface area contributed by atoms with Gasteiger partial charge in [-0.1, -0.05) is 13.8 Å². The highest BCUT2D eigenvalue weighted by atomic mass is 35.5. The van der Waals surface area contributed by atoms with Gasteiger partial charge >= 0.3 is 0 Å². The van der Waals surface area contributed by atoms with E-state index in [1.807, 2.05) is 13.8 Å². The Bertz CT molecular complexity index is 386. The first kappa shape index (κ1) is 22.9. The first-order chi connectivity index (χ1) is 9.28. The Labute approximate surface area is 133 Å². The number of halogens is 1. The average Bonchev–Trinajstić information content (AvgIpc) is 2.43. The van der Waals surface area contributed by atoms with E-state index in [9.17, 15) is 13.2 Å². The normalized spacial score (nSPS) is 11.8. The van der Waals surface area contributed by atoms with Crippen molar-refractivity contribution in [1.29, 1.82) is 0 Å². The molecule has 9 heteroatoms. The zero-order valence-corrected chi connectivity index (χ0v) is 14.6. The molecule has 0 radical (unpaired) electrons. The van der Waals surface area contributed by atoms with E-state index in [0.29, 0.717) is 13.2 Å². The molecule has 0 aliphatic rings. The molecule has 0 aliphatic heterocycles. The van der Waals surface area contributed by atoms with Crippen molar-refractivity contribution in [3.05, 3.63) is 0 Å². The van der Waals surface area contributed by atoms with Gasteiger partial charge in [0, 0.05) is 18.7 Å². The van der Waals surface area contributed by atoms with Gasteiger partial charge in [0.15, 0.2) is 0 Å². The van der Waals surface area contributed by atoms with Crippen LogP contribution in [-0.4, -0.2) is 51.9 Å². The molecule has 0 aliphatic carbocycles. The minimum absolute atomic E-state index is 0. The van der Waals surface area contributed by atoms with E-state index in [2.05, 4.69) is 10.0 Å². The summed E-state index contributed by atoms with van der Waals surface area (Å²) in [6.45, 7) is 6.32. The van der Waals surface area contributed by atoms with E-state index in [4.69, 9.17) is 10.5 Å². The number of hydrogen-bond acceptors (Lipinski definition) is 5. The third-order valence-electron chi connectivity index (χ3n) is 3.20. The van der Waals surface area contributed by atoms with Crippen LogP contribution in [0.1, 0.15) is 33.6 Å². The van der Waals surface area contributed by atoms with E-state index in [-0.39, 0.29) is 37.2 Å². The van der Waals surface area contributed by atoms with Crippen LogP contribution in [0.4, 0.5) is 0 Å². The third-order valence-corrected chi connectivity index (χ3v) is 4.49. The fourth-order valence-electron chi connectivity index (χ4n) is 1.40. The van der Waals surface area contributed by atoms with E-state index in [0.717, 1.165) is 12.8 Å². The number of sulfonamides is 1. The Morgan fingerprint density at radius 3 is 2.29 bits per heavy atom. The molecule has 128 valence electrons. The van der Waals surface area contributed by atoms with E-state index in [1.165, 1.54) is 0 Å². The van der Waals surface area contributed by atoms with Crippen LogP contribution < -0.4 is 15.8 Å². The second kappa shape index (κ2) is 11.2. The molecule has 0 fully saturated rings. The Kier molecular flexibility index (Phi) is 12.2. The fourth-order valence-corrected chi connectivity index (χ4v) is 2.23. The number of nitrogens with two attached hydrogens (primary N) is 1. The largest absolute Gasteiger partial charge is 0.381 e. The Hall–Kier alpha value is -0.410. The van der Waals surface area contributed by atoms with Crippen molar-refractivity contribution < 1.29 is 17.9 Å². The quantitative estimate of drug-likeness (QED) is 0.456. The fraction of sp³-hybridized carbons (Fsp3) is 0.917. The van der Waals surface area contributed by atoms with Gasteiger partial charge < -0.3 is 15.8 Å². The highest BCUT2D eigenvalue weighted by Crippen LogP contribution is 2.08.